The monoisotopic (exact) mass is 520 g/mol. The van der Waals surface area contributed by atoms with E-state index in [1.165, 1.54) is 4.90 Å². The van der Waals surface area contributed by atoms with Crippen molar-refractivity contribution in [2.24, 2.45) is 0 Å². The first-order chi connectivity index (χ1) is 17.9. The molecule has 1 aromatic carbocycles. The SMILES string of the molecule is CCCCc1ncc(/C=C2\C(=O)N(CCCC)C(=O)N2Cc2ccsc2)n1Cc1ccc(C(=O)O)cc1. The lowest BCUT2D eigenvalue weighted by molar-refractivity contribution is -0.123. The van der Waals surface area contributed by atoms with Crippen LogP contribution in [0.25, 0.3) is 6.08 Å². The van der Waals surface area contributed by atoms with E-state index in [9.17, 15) is 19.5 Å². The standard InChI is InChI=1S/C28H32N4O4S/c1-3-5-7-25-29-16-23(31(25)17-20-8-10-22(11-9-20)27(34)35)15-24-26(33)30(13-6-4-2)28(36)32(24)18-21-12-14-37-19-21/h8-12,14-16,19H,3-7,13,17-18H2,1-2H3,(H,34,35)/b24-15+. The van der Waals surface area contributed by atoms with E-state index in [0.717, 1.165) is 54.7 Å². The summed E-state index contributed by atoms with van der Waals surface area (Å²) in [6.45, 7) is 5.35. The summed E-state index contributed by atoms with van der Waals surface area (Å²) in [5.41, 5.74) is 3.21. The van der Waals surface area contributed by atoms with Gasteiger partial charge in [0.2, 0.25) is 0 Å². The molecule has 194 valence electrons. The molecule has 0 radical (unpaired) electrons. The Balaban J connectivity index is 1.71. The highest BCUT2D eigenvalue weighted by atomic mass is 32.1. The van der Waals surface area contributed by atoms with Gasteiger partial charge in [-0.1, -0.05) is 38.8 Å². The van der Waals surface area contributed by atoms with E-state index in [0.29, 0.717) is 25.3 Å². The molecule has 4 rings (SSSR count). The third-order valence-corrected chi connectivity index (χ3v) is 7.15. The van der Waals surface area contributed by atoms with Crippen molar-refractivity contribution in [1.82, 2.24) is 19.4 Å². The van der Waals surface area contributed by atoms with Gasteiger partial charge in [0, 0.05) is 19.5 Å². The highest BCUT2D eigenvalue weighted by molar-refractivity contribution is 7.07. The minimum absolute atomic E-state index is 0.231. The number of amides is 3. The van der Waals surface area contributed by atoms with Gasteiger partial charge in [0.25, 0.3) is 5.91 Å². The molecule has 0 bridgehead atoms. The van der Waals surface area contributed by atoms with Gasteiger partial charge < -0.3 is 9.67 Å². The third-order valence-electron chi connectivity index (χ3n) is 6.42. The summed E-state index contributed by atoms with van der Waals surface area (Å²) < 4.78 is 2.05. The van der Waals surface area contributed by atoms with Crippen molar-refractivity contribution in [3.05, 3.63) is 81.2 Å². The Labute approximate surface area is 220 Å². The normalized spacial score (nSPS) is 14.8. The molecule has 3 aromatic rings. The van der Waals surface area contributed by atoms with E-state index < -0.39 is 5.97 Å². The number of aromatic nitrogens is 2. The Kier molecular flexibility index (Phi) is 8.55. The fraction of sp³-hybridized carbons (Fsp3) is 0.357. The van der Waals surface area contributed by atoms with E-state index in [1.807, 2.05) is 28.3 Å². The van der Waals surface area contributed by atoms with Gasteiger partial charge in [0.15, 0.2) is 0 Å². The first-order valence-corrected chi connectivity index (χ1v) is 13.6. The van der Waals surface area contributed by atoms with Crippen LogP contribution in [-0.2, 0) is 24.3 Å². The van der Waals surface area contributed by atoms with Crippen LogP contribution in [0.1, 0.15) is 72.5 Å². The molecular weight excluding hydrogens is 488 g/mol. The molecule has 3 amide bonds. The summed E-state index contributed by atoms with van der Waals surface area (Å²) in [7, 11) is 0. The number of urea groups is 1. The highest BCUT2D eigenvalue weighted by Gasteiger charge is 2.40. The lowest BCUT2D eigenvalue weighted by atomic mass is 10.1. The first-order valence-electron chi connectivity index (χ1n) is 12.7. The number of hydrogen-bond donors (Lipinski definition) is 1. The van der Waals surface area contributed by atoms with Crippen molar-refractivity contribution in [2.45, 2.75) is 59.0 Å². The molecule has 3 heterocycles. The van der Waals surface area contributed by atoms with Gasteiger partial charge in [-0.25, -0.2) is 14.6 Å². The van der Waals surface area contributed by atoms with E-state index in [2.05, 4.69) is 11.9 Å². The van der Waals surface area contributed by atoms with Crippen LogP contribution in [0.2, 0.25) is 0 Å². The smallest absolute Gasteiger partial charge is 0.335 e. The van der Waals surface area contributed by atoms with Gasteiger partial charge >= 0.3 is 12.0 Å². The number of imidazole rings is 1. The number of benzene rings is 1. The van der Waals surface area contributed by atoms with Crippen LogP contribution in [0.3, 0.4) is 0 Å². The number of rotatable bonds is 12. The number of carboxylic acids is 1. The fourth-order valence-corrected chi connectivity index (χ4v) is 4.96. The molecular formula is C28H32N4O4S. The van der Waals surface area contributed by atoms with Gasteiger partial charge in [-0.15, -0.1) is 0 Å². The van der Waals surface area contributed by atoms with Crippen molar-refractivity contribution >= 4 is 35.3 Å². The molecule has 1 fully saturated rings. The summed E-state index contributed by atoms with van der Waals surface area (Å²) >= 11 is 1.56. The Bertz CT molecular complexity index is 1280. The second kappa shape index (κ2) is 12.0. The summed E-state index contributed by atoms with van der Waals surface area (Å²) in [4.78, 5) is 45.5. The number of unbranched alkanes of at least 4 members (excludes halogenated alkanes) is 2. The fourth-order valence-electron chi connectivity index (χ4n) is 4.30. The van der Waals surface area contributed by atoms with Gasteiger partial charge in [0.1, 0.15) is 11.5 Å². The number of carbonyl (C=O) groups is 3. The average Bonchev–Trinajstić information content (AvgIpc) is 3.59. The van der Waals surface area contributed by atoms with Gasteiger partial charge in [-0.2, -0.15) is 11.3 Å². The van der Waals surface area contributed by atoms with Crippen LogP contribution in [0.4, 0.5) is 4.79 Å². The van der Waals surface area contributed by atoms with Crippen molar-refractivity contribution < 1.29 is 19.5 Å². The number of carboxylic acid groups (broad SMARTS) is 1. The Morgan fingerprint density at radius 2 is 1.76 bits per heavy atom. The highest BCUT2D eigenvalue weighted by Crippen LogP contribution is 2.27. The zero-order valence-electron chi connectivity index (χ0n) is 21.2. The molecule has 8 nitrogen and oxygen atoms in total. The van der Waals surface area contributed by atoms with Crippen LogP contribution < -0.4 is 0 Å². The zero-order chi connectivity index (χ0) is 26.4. The zero-order valence-corrected chi connectivity index (χ0v) is 22.0. The third kappa shape index (κ3) is 5.99. The summed E-state index contributed by atoms with van der Waals surface area (Å²) in [5.74, 6) is -0.367. The summed E-state index contributed by atoms with van der Waals surface area (Å²) in [6, 6.07) is 8.44. The Morgan fingerprint density at radius 1 is 1.00 bits per heavy atom. The van der Waals surface area contributed by atoms with Gasteiger partial charge in [-0.05, 0) is 59.0 Å². The largest absolute Gasteiger partial charge is 0.478 e. The van der Waals surface area contributed by atoms with Gasteiger partial charge in [-0.3, -0.25) is 14.6 Å². The molecule has 0 spiro atoms. The summed E-state index contributed by atoms with van der Waals surface area (Å²) in [6.07, 6.45) is 7.92. The predicted octanol–water partition coefficient (Wildman–Crippen LogP) is 5.64. The number of carbonyl (C=O) groups excluding carboxylic acids is 2. The topological polar surface area (TPSA) is 95.7 Å². The van der Waals surface area contributed by atoms with Crippen LogP contribution in [0.15, 0.2) is 53.0 Å². The van der Waals surface area contributed by atoms with Crippen molar-refractivity contribution in [1.29, 1.82) is 0 Å². The molecule has 37 heavy (non-hydrogen) atoms. The quantitative estimate of drug-likeness (QED) is 0.246. The van der Waals surface area contributed by atoms with Crippen molar-refractivity contribution in [3.8, 4) is 0 Å². The molecule has 1 aliphatic rings. The predicted molar refractivity (Wildman–Crippen MR) is 143 cm³/mol. The summed E-state index contributed by atoms with van der Waals surface area (Å²) in [5, 5.41) is 13.2. The molecule has 9 heteroatoms. The van der Waals surface area contributed by atoms with Crippen LogP contribution in [0.5, 0.6) is 0 Å². The van der Waals surface area contributed by atoms with Crippen LogP contribution in [-0.4, -0.2) is 48.9 Å². The number of thiophene rings is 1. The Hall–Kier alpha value is -3.72. The van der Waals surface area contributed by atoms with E-state index in [-0.39, 0.29) is 17.5 Å². The lowest BCUT2D eigenvalue weighted by Crippen LogP contribution is -2.33. The van der Waals surface area contributed by atoms with E-state index in [1.54, 1.807) is 52.8 Å². The average molecular weight is 521 g/mol. The second-order valence-corrected chi connectivity index (χ2v) is 9.91. The van der Waals surface area contributed by atoms with Crippen molar-refractivity contribution in [3.63, 3.8) is 0 Å². The number of aromatic carboxylic acids is 1. The van der Waals surface area contributed by atoms with Crippen LogP contribution in [0, 0.1) is 0 Å². The number of hydrogen-bond acceptors (Lipinski definition) is 5. The molecule has 1 aliphatic heterocycles. The maximum absolute atomic E-state index is 13.4. The van der Waals surface area contributed by atoms with E-state index in [4.69, 9.17) is 0 Å². The molecule has 1 saturated heterocycles. The molecule has 0 saturated carbocycles. The molecule has 1 N–H and O–H groups in total. The first kappa shape index (κ1) is 26.3. The maximum Gasteiger partial charge on any atom is 0.335 e. The molecule has 0 aliphatic carbocycles. The maximum atomic E-state index is 13.4. The van der Waals surface area contributed by atoms with Crippen molar-refractivity contribution in [2.75, 3.05) is 6.54 Å². The molecule has 0 unspecified atom stereocenters. The van der Waals surface area contributed by atoms with Crippen LogP contribution >= 0.6 is 11.3 Å². The van der Waals surface area contributed by atoms with Gasteiger partial charge in [0.05, 0.1) is 24.0 Å². The lowest BCUT2D eigenvalue weighted by Gasteiger charge is -2.17. The minimum atomic E-state index is -0.967. The molecule has 0 atom stereocenters. The molecule has 2 aromatic heterocycles. The number of imide groups is 1. The Morgan fingerprint density at radius 3 is 2.41 bits per heavy atom. The minimum Gasteiger partial charge on any atom is -0.478 e. The van der Waals surface area contributed by atoms with E-state index >= 15 is 0 Å². The number of aryl methyl sites for hydroxylation is 1. The number of nitrogens with zero attached hydrogens (tertiary/aromatic N) is 4. The second-order valence-electron chi connectivity index (χ2n) is 9.13.